The van der Waals surface area contributed by atoms with Crippen molar-refractivity contribution in [1.29, 1.82) is 5.26 Å². The van der Waals surface area contributed by atoms with E-state index < -0.39 is 27.7 Å². The van der Waals surface area contributed by atoms with Gasteiger partial charge in [0, 0.05) is 0 Å². The third-order valence-corrected chi connectivity index (χ3v) is 4.08. The fourth-order valence-corrected chi connectivity index (χ4v) is 2.71. The Hall–Kier alpha value is -1.55. The number of benzene rings is 1. The quantitative estimate of drug-likeness (QED) is 0.852. The molecule has 0 N–H and O–H groups in total. The fraction of sp³-hybridized carbons (Fsp3) is 0.364. The Balaban J connectivity index is 3.03. The first-order valence-corrected chi connectivity index (χ1v) is 6.58. The maximum absolute atomic E-state index is 12.3. The van der Waals surface area contributed by atoms with E-state index in [1.54, 1.807) is 6.92 Å². The first kappa shape index (κ1) is 14.5. The number of nitriles is 1. The third kappa shape index (κ3) is 3.47. The van der Waals surface area contributed by atoms with E-state index in [1.807, 2.05) is 0 Å². The predicted octanol–water partition coefficient (Wildman–Crippen LogP) is 2.47. The largest absolute Gasteiger partial charge is 0.405 e. The maximum Gasteiger partial charge on any atom is 0.405 e. The molecule has 0 saturated heterocycles. The van der Waals surface area contributed by atoms with E-state index in [0.717, 1.165) is 11.6 Å². The Morgan fingerprint density at radius 2 is 1.78 bits per heavy atom. The van der Waals surface area contributed by atoms with Gasteiger partial charge in [0.25, 0.3) is 0 Å². The molecular weight excluding hydrogens is 267 g/mol. The molecule has 0 radical (unpaired) electrons. The molecule has 1 atom stereocenters. The highest BCUT2D eigenvalue weighted by molar-refractivity contribution is 7.91. The Morgan fingerprint density at radius 1 is 1.28 bits per heavy atom. The molecule has 0 heterocycles. The summed E-state index contributed by atoms with van der Waals surface area (Å²) in [6.07, 6.45) is -4.84. The van der Waals surface area contributed by atoms with Gasteiger partial charge < -0.3 is 0 Å². The van der Waals surface area contributed by atoms with Crippen molar-refractivity contribution in [2.45, 2.75) is 18.0 Å². The molecule has 0 aromatic heterocycles. The Labute approximate surface area is 103 Å². The zero-order valence-electron chi connectivity index (χ0n) is 9.40. The van der Waals surface area contributed by atoms with Crippen molar-refractivity contribution in [3.05, 3.63) is 29.8 Å². The molecule has 1 aromatic rings. The summed E-state index contributed by atoms with van der Waals surface area (Å²) in [6.45, 7) is 1.73. The van der Waals surface area contributed by atoms with Crippen LogP contribution < -0.4 is 0 Å². The van der Waals surface area contributed by atoms with E-state index in [4.69, 9.17) is 5.26 Å². The third-order valence-electron chi connectivity index (χ3n) is 2.32. The molecule has 18 heavy (non-hydrogen) atoms. The van der Waals surface area contributed by atoms with Crippen LogP contribution in [0.15, 0.2) is 29.2 Å². The van der Waals surface area contributed by atoms with Gasteiger partial charge in [0.05, 0.1) is 16.7 Å². The van der Waals surface area contributed by atoms with Crippen molar-refractivity contribution in [2.75, 3.05) is 5.75 Å². The number of rotatable bonds is 3. The molecule has 1 aromatic carbocycles. The Kier molecular flexibility index (Phi) is 4.02. The van der Waals surface area contributed by atoms with Crippen molar-refractivity contribution < 1.29 is 21.6 Å². The average Bonchev–Trinajstić information content (AvgIpc) is 2.25. The second-order valence-corrected chi connectivity index (χ2v) is 5.85. The van der Waals surface area contributed by atoms with Crippen LogP contribution >= 0.6 is 0 Å². The number of aryl methyl sites for hydroxylation is 1. The molecule has 0 bridgehead atoms. The van der Waals surface area contributed by atoms with Crippen LogP contribution in [-0.4, -0.2) is 20.3 Å². The average molecular weight is 277 g/mol. The van der Waals surface area contributed by atoms with E-state index in [2.05, 4.69) is 0 Å². The van der Waals surface area contributed by atoms with Crippen LogP contribution in [0.4, 0.5) is 13.2 Å². The second-order valence-electron chi connectivity index (χ2n) is 3.82. The van der Waals surface area contributed by atoms with Gasteiger partial charge >= 0.3 is 6.18 Å². The second kappa shape index (κ2) is 4.98. The highest BCUT2D eigenvalue weighted by atomic mass is 32.2. The summed E-state index contributed by atoms with van der Waals surface area (Å²) in [4.78, 5) is -0.211. The number of sulfone groups is 1. The minimum atomic E-state index is -4.84. The summed E-state index contributed by atoms with van der Waals surface area (Å²) < 4.78 is 60.4. The monoisotopic (exact) mass is 277 g/mol. The normalized spacial score (nSPS) is 13.9. The van der Waals surface area contributed by atoms with Gasteiger partial charge in [-0.15, -0.1) is 0 Å². The molecule has 0 spiro atoms. The number of nitrogens with zero attached hydrogens (tertiary/aromatic N) is 1. The SMILES string of the molecule is Cc1ccc(S(=O)(=O)CC(C#N)C(F)(F)F)cc1. The zero-order chi connectivity index (χ0) is 14.0. The lowest BCUT2D eigenvalue weighted by atomic mass is 10.2. The van der Waals surface area contributed by atoms with Crippen LogP contribution in [0.3, 0.4) is 0 Å². The molecule has 0 amide bonds. The predicted molar refractivity (Wildman–Crippen MR) is 58.4 cm³/mol. The first-order valence-electron chi connectivity index (χ1n) is 4.92. The van der Waals surface area contributed by atoms with Gasteiger partial charge in [0.15, 0.2) is 15.8 Å². The van der Waals surface area contributed by atoms with Gasteiger partial charge in [-0.3, -0.25) is 0 Å². The van der Waals surface area contributed by atoms with Crippen LogP contribution in [0.5, 0.6) is 0 Å². The fourth-order valence-electron chi connectivity index (χ4n) is 1.27. The molecular formula is C11H10F3NO2S. The molecule has 0 fully saturated rings. The standard InChI is InChI=1S/C11H10F3NO2S/c1-8-2-4-10(5-3-8)18(16,17)7-9(6-15)11(12,13)14/h2-5,9H,7H2,1H3. The number of halogens is 3. The molecule has 7 heteroatoms. The molecule has 0 aliphatic carbocycles. The van der Waals surface area contributed by atoms with E-state index in [1.165, 1.54) is 24.3 Å². The van der Waals surface area contributed by atoms with Crippen molar-refractivity contribution in [1.82, 2.24) is 0 Å². The minimum Gasteiger partial charge on any atom is -0.224 e. The zero-order valence-corrected chi connectivity index (χ0v) is 10.2. The van der Waals surface area contributed by atoms with Crippen molar-refractivity contribution >= 4 is 9.84 Å². The van der Waals surface area contributed by atoms with E-state index >= 15 is 0 Å². The van der Waals surface area contributed by atoms with E-state index in [9.17, 15) is 21.6 Å². The van der Waals surface area contributed by atoms with Crippen LogP contribution in [0.2, 0.25) is 0 Å². The summed E-state index contributed by atoms with van der Waals surface area (Å²) in [5, 5.41) is 8.38. The Morgan fingerprint density at radius 3 is 2.17 bits per heavy atom. The summed E-state index contributed by atoms with van der Waals surface area (Å²) in [6, 6.07) is 6.41. The molecule has 0 aliphatic heterocycles. The molecule has 0 aliphatic rings. The molecule has 3 nitrogen and oxygen atoms in total. The summed E-state index contributed by atoms with van der Waals surface area (Å²) in [5.41, 5.74) is 0.793. The first-order chi connectivity index (χ1) is 8.16. The number of hydrogen-bond donors (Lipinski definition) is 0. The highest BCUT2D eigenvalue weighted by Crippen LogP contribution is 2.28. The summed E-state index contributed by atoms with van der Waals surface area (Å²) in [7, 11) is -4.11. The minimum absolute atomic E-state index is 0.211. The lowest BCUT2D eigenvalue weighted by Gasteiger charge is -2.13. The molecule has 98 valence electrons. The van der Waals surface area contributed by atoms with Crippen LogP contribution in [0.25, 0.3) is 0 Å². The topological polar surface area (TPSA) is 57.9 Å². The lowest BCUT2D eigenvalue weighted by molar-refractivity contribution is -0.153. The highest BCUT2D eigenvalue weighted by Gasteiger charge is 2.43. The van der Waals surface area contributed by atoms with Crippen LogP contribution in [0, 0.1) is 24.2 Å². The molecule has 1 rings (SSSR count). The van der Waals surface area contributed by atoms with E-state index in [-0.39, 0.29) is 4.90 Å². The summed E-state index contributed by atoms with van der Waals surface area (Å²) >= 11 is 0. The molecule has 1 unspecified atom stereocenters. The van der Waals surface area contributed by atoms with Gasteiger partial charge in [-0.25, -0.2) is 8.42 Å². The van der Waals surface area contributed by atoms with Gasteiger partial charge in [0.2, 0.25) is 0 Å². The molecule has 0 saturated carbocycles. The van der Waals surface area contributed by atoms with Crippen LogP contribution in [-0.2, 0) is 9.84 Å². The van der Waals surface area contributed by atoms with Crippen molar-refractivity contribution in [3.63, 3.8) is 0 Å². The van der Waals surface area contributed by atoms with Gasteiger partial charge in [-0.05, 0) is 19.1 Å². The van der Waals surface area contributed by atoms with Crippen molar-refractivity contribution in [3.8, 4) is 6.07 Å². The van der Waals surface area contributed by atoms with Gasteiger partial charge in [-0.2, -0.15) is 18.4 Å². The van der Waals surface area contributed by atoms with E-state index in [0.29, 0.717) is 0 Å². The maximum atomic E-state index is 12.3. The van der Waals surface area contributed by atoms with Gasteiger partial charge in [-0.1, -0.05) is 17.7 Å². The summed E-state index contributed by atoms with van der Waals surface area (Å²) in [5.74, 6) is -3.76. The van der Waals surface area contributed by atoms with Crippen LogP contribution in [0.1, 0.15) is 5.56 Å². The number of hydrogen-bond acceptors (Lipinski definition) is 3. The van der Waals surface area contributed by atoms with Gasteiger partial charge in [0.1, 0.15) is 0 Å². The Bertz CT molecular complexity index is 555. The van der Waals surface area contributed by atoms with Crippen molar-refractivity contribution in [2.24, 2.45) is 5.92 Å². The smallest absolute Gasteiger partial charge is 0.224 e. The number of alkyl halides is 3. The lowest BCUT2D eigenvalue weighted by Crippen LogP contribution is -2.28.